The molecule has 1 aliphatic carbocycles. The minimum Gasteiger partial charge on any atom is -0.377 e. The van der Waals surface area contributed by atoms with E-state index in [-0.39, 0.29) is 11.2 Å². The molecule has 1 saturated carbocycles. The van der Waals surface area contributed by atoms with Gasteiger partial charge in [0.25, 0.3) is 0 Å². The first kappa shape index (κ1) is 14.3. The second kappa shape index (κ2) is 5.98. The molecule has 0 radical (unpaired) electrons. The van der Waals surface area contributed by atoms with E-state index in [1.54, 1.807) is 7.05 Å². The Hall–Kier alpha value is -1.67. The van der Waals surface area contributed by atoms with Crippen LogP contribution in [0, 0.1) is 0 Å². The van der Waals surface area contributed by atoms with Crippen LogP contribution in [0.2, 0.25) is 5.28 Å². The summed E-state index contributed by atoms with van der Waals surface area (Å²) in [7, 11) is 1.70. The van der Waals surface area contributed by atoms with E-state index in [2.05, 4.69) is 25.6 Å². The molecule has 1 saturated heterocycles. The number of hydrogen-bond donors (Lipinski definition) is 2. The maximum absolute atomic E-state index is 12.3. The number of ether oxygens (including phenoxy) is 1. The summed E-state index contributed by atoms with van der Waals surface area (Å²) in [6.07, 6.45) is 2.08. The van der Waals surface area contributed by atoms with E-state index in [0.29, 0.717) is 37.7 Å². The molecular formula is C12H17ClN6O2. The van der Waals surface area contributed by atoms with Gasteiger partial charge in [0.05, 0.1) is 13.2 Å². The Bertz CT molecular complexity index is 538. The Morgan fingerprint density at radius 1 is 1.38 bits per heavy atom. The largest absolute Gasteiger partial charge is 0.377 e. The van der Waals surface area contributed by atoms with Crippen molar-refractivity contribution in [3.05, 3.63) is 5.28 Å². The van der Waals surface area contributed by atoms with Gasteiger partial charge in [-0.2, -0.15) is 15.0 Å². The van der Waals surface area contributed by atoms with E-state index < -0.39 is 6.04 Å². The zero-order valence-corrected chi connectivity index (χ0v) is 12.4. The summed E-state index contributed by atoms with van der Waals surface area (Å²) < 4.78 is 5.42. The maximum Gasteiger partial charge on any atom is 0.245 e. The van der Waals surface area contributed by atoms with Crippen molar-refractivity contribution in [2.24, 2.45) is 0 Å². The molecule has 0 aromatic carbocycles. The highest BCUT2D eigenvalue weighted by atomic mass is 35.5. The van der Waals surface area contributed by atoms with Crippen LogP contribution in [0.1, 0.15) is 12.8 Å². The van der Waals surface area contributed by atoms with Gasteiger partial charge in [-0.1, -0.05) is 0 Å². The molecule has 1 aromatic rings. The standard InChI is InChI=1S/C12H17ClN6O2/c1-14-11-16-10(13)17-12(18-11)19-4-5-21-6-8(19)9(20)15-7-2-3-7/h7-8H,2-6H2,1H3,(H,15,20)(H,14,16,17,18). The Labute approximate surface area is 127 Å². The van der Waals surface area contributed by atoms with Gasteiger partial charge in [-0.05, 0) is 24.4 Å². The molecule has 0 spiro atoms. The zero-order chi connectivity index (χ0) is 14.8. The van der Waals surface area contributed by atoms with Gasteiger partial charge in [-0.15, -0.1) is 0 Å². The van der Waals surface area contributed by atoms with Crippen LogP contribution in [0.5, 0.6) is 0 Å². The molecule has 9 heteroatoms. The van der Waals surface area contributed by atoms with Crippen molar-refractivity contribution in [1.82, 2.24) is 20.3 Å². The summed E-state index contributed by atoms with van der Waals surface area (Å²) in [5.41, 5.74) is 0. The van der Waals surface area contributed by atoms with Crippen LogP contribution in [-0.4, -0.2) is 59.7 Å². The van der Waals surface area contributed by atoms with Gasteiger partial charge < -0.3 is 20.3 Å². The maximum atomic E-state index is 12.3. The van der Waals surface area contributed by atoms with Gasteiger partial charge in [-0.25, -0.2) is 0 Å². The Balaban J connectivity index is 1.82. The molecule has 1 aliphatic heterocycles. The molecule has 1 amide bonds. The van der Waals surface area contributed by atoms with Crippen LogP contribution >= 0.6 is 11.6 Å². The van der Waals surface area contributed by atoms with Crippen LogP contribution in [-0.2, 0) is 9.53 Å². The second-order valence-corrected chi connectivity index (χ2v) is 5.38. The van der Waals surface area contributed by atoms with E-state index in [4.69, 9.17) is 16.3 Å². The number of carbonyl (C=O) groups is 1. The van der Waals surface area contributed by atoms with Crippen LogP contribution in [0.4, 0.5) is 11.9 Å². The van der Waals surface area contributed by atoms with Gasteiger partial charge in [0.1, 0.15) is 6.04 Å². The number of morpholine rings is 1. The summed E-state index contributed by atoms with van der Waals surface area (Å²) in [5.74, 6) is 0.705. The van der Waals surface area contributed by atoms with Crippen molar-refractivity contribution in [3.8, 4) is 0 Å². The first-order valence-corrected chi connectivity index (χ1v) is 7.29. The lowest BCUT2D eigenvalue weighted by atomic mass is 10.2. The summed E-state index contributed by atoms with van der Waals surface area (Å²) in [4.78, 5) is 26.5. The van der Waals surface area contributed by atoms with Crippen molar-refractivity contribution in [1.29, 1.82) is 0 Å². The molecule has 114 valence electrons. The highest BCUT2D eigenvalue weighted by Crippen LogP contribution is 2.22. The van der Waals surface area contributed by atoms with Crippen LogP contribution in [0.3, 0.4) is 0 Å². The van der Waals surface area contributed by atoms with Gasteiger partial charge in [0.2, 0.25) is 23.1 Å². The van der Waals surface area contributed by atoms with Gasteiger partial charge in [0.15, 0.2) is 0 Å². The Kier molecular flexibility index (Phi) is 4.07. The molecule has 1 aromatic heterocycles. The number of amides is 1. The van der Waals surface area contributed by atoms with Gasteiger partial charge in [-0.3, -0.25) is 4.79 Å². The summed E-state index contributed by atoms with van der Waals surface area (Å²) >= 11 is 5.91. The van der Waals surface area contributed by atoms with Crippen LogP contribution in [0.15, 0.2) is 0 Å². The van der Waals surface area contributed by atoms with E-state index in [0.717, 1.165) is 12.8 Å². The number of nitrogens with zero attached hydrogens (tertiary/aromatic N) is 4. The van der Waals surface area contributed by atoms with Crippen molar-refractivity contribution >= 4 is 29.4 Å². The number of anilines is 2. The fourth-order valence-corrected chi connectivity index (χ4v) is 2.32. The molecule has 2 fully saturated rings. The number of rotatable bonds is 4. The highest BCUT2D eigenvalue weighted by Gasteiger charge is 2.34. The third kappa shape index (κ3) is 3.33. The molecule has 3 rings (SSSR count). The summed E-state index contributed by atoms with van der Waals surface area (Å²) in [5, 5.41) is 5.91. The smallest absolute Gasteiger partial charge is 0.245 e. The van der Waals surface area contributed by atoms with Crippen molar-refractivity contribution in [2.45, 2.75) is 24.9 Å². The second-order valence-electron chi connectivity index (χ2n) is 5.05. The molecule has 1 unspecified atom stereocenters. The minimum absolute atomic E-state index is 0.0558. The molecule has 8 nitrogen and oxygen atoms in total. The van der Waals surface area contributed by atoms with E-state index in [1.165, 1.54) is 0 Å². The van der Waals surface area contributed by atoms with Gasteiger partial charge in [0, 0.05) is 19.6 Å². The SMILES string of the molecule is CNc1nc(Cl)nc(N2CCOCC2C(=O)NC2CC2)n1. The number of halogens is 1. The topological polar surface area (TPSA) is 92.3 Å². The van der Waals surface area contributed by atoms with E-state index in [1.807, 2.05) is 4.90 Å². The normalized spacial score (nSPS) is 22.0. The first-order chi connectivity index (χ1) is 10.2. The first-order valence-electron chi connectivity index (χ1n) is 6.91. The predicted molar refractivity (Wildman–Crippen MR) is 77.5 cm³/mol. The third-order valence-corrected chi connectivity index (χ3v) is 3.60. The Morgan fingerprint density at radius 3 is 2.90 bits per heavy atom. The lowest BCUT2D eigenvalue weighted by Crippen LogP contribution is -2.55. The van der Waals surface area contributed by atoms with E-state index in [9.17, 15) is 4.79 Å². The number of carbonyl (C=O) groups excluding carboxylic acids is 1. The summed E-state index contributed by atoms with van der Waals surface area (Å²) in [6, 6.07) is -0.140. The van der Waals surface area contributed by atoms with Gasteiger partial charge >= 0.3 is 0 Å². The van der Waals surface area contributed by atoms with Crippen LogP contribution < -0.4 is 15.5 Å². The molecule has 1 atom stereocenters. The average Bonchev–Trinajstić information content (AvgIpc) is 3.30. The van der Waals surface area contributed by atoms with Crippen LogP contribution in [0.25, 0.3) is 0 Å². The lowest BCUT2D eigenvalue weighted by molar-refractivity contribution is -0.124. The average molecular weight is 313 g/mol. The minimum atomic E-state index is -0.442. The monoisotopic (exact) mass is 312 g/mol. The molecule has 0 bridgehead atoms. The predicted octanol–water partition coefficient (Wildman–Crippen LogP) is 0.0505. The van der Waals surface area contributed by atoms with Crippen molar-refractivity contribution in [3.63, 3.8) is 0 Å². The van der Waals surface area contributed by atoms with E-state index >= 15 is 0 Å². The molecule has 2 aliphatic rings. The zero-order valence-electron chi connectivity index (χ0n) is 11.7. The summed E-state index contributed by atoms with van der Waals surface area (Å²) in [6.45, 7) is 1.37. The highest BCUT2D eigenvalue weighted by molar-refractivity contribution is 6.28. The fourth-order valence-electron chi connectivity index (χ4n) is 2.17. The number of hydrogen-bond acceptors (Lipinski definition) is 7. The number of aromatic nitrogens is 3. The molecule has 2 heterocycles. The molecular weight excluding hydrogens is 296 g/mol. The van der Waals surface area contributed by atoms with Crippen molar-refractivity contribution < 1.29 is 9.53 Å². The fraction of sp³-hybridized carbons (Fsp3) is 0.667. The molecule has 21 heavy (non-hydrogen) atoms. The molecule has 2 N–H and O–H groups in total. The third-order valence-electron chi connectivity index (χ3n) is 3.43. The number of nitrogens with one attached hydrogen (secondary N) is 2. The Morgan fingerprint density at radius 2 is 2.19 bits per heavy atom. The van der Waals surface area contributed by atoms with Crippen molar-refractivity contribution in [2.75, 3.05) is 37.0 Å². The quantitative estimate of drug-likeness (QED) is 0.811. The lowest BCUT2D eigenvalue weighted by Gasteiger charge is -2.34.